The van der Waals surface area contributed by atoms with Gasteiger partial charge in [0, 0.05) is 18.3 Å². The molecule has 3 saturated heterocycles. The largest absolute Gasteiger partial charge is 0.465 e. The topological polar surface area (TPSA) is 87.2 Å². The van der Waals surface area contributed by atoms with Gasteiger partial charge in [-0.15, -0.1) is 24.9 Å². The number of carbonyl (C=O) groups excluding carboxylic acids is 3. The molecule has 190 valence electrons. The lowest BCUT2D eigenvalue weighted by Gasteiger charge is -2.38. The molecule has 34 heavy (non-hydrogen) atoms. The highest BCUT2D eigenvalue weighted by molar-refractivity contribution is 8.02. The first-order chi connectivity index (χ1) is 16.4. The van der Waals surface area contributed by atoms with Crippen molar-refractivity contribution in [3.8, 4) is 0 Å². The lowest BCUT2D eigenvalue weighted by atomic mass is 9.71. The van der Waals surface area contributed by atoms with Crippen LogP contribution in [0.3, 0.4) is 0 Å². The number of unbranched alkanes of at least 4 members (excludes halogenated alkanes) is 3. The van der Waals surface area contributed by atoms with Gasteiger partial charge in [0.2, 0.25) is 11.8 Å². The number of hydrogen-bond donors (Lipinski definition) is 1. The highest BCUT2D eigenvalue weighted by Gasteiger charge is 2.74. The Kier molecular flexibility index (Phi) is 9.27. The number of rotatable bonds is 14. The van der Waals surface area contributed by atoms with Crippen molar-refractivity contribution in [3.05, 3.63) is 25.3 Å². The summed E-state index contributed by atoms with van der Waals surface area (Å²) in [5.41, 5.74) is 0. The number of carbonyl (C=O) groups is 3. The van der Waals surface area contributed by atoms with E-state index in [0.717, 1.165) is 32.1 Å². The van der Waals surface area contributed by atoms with E-state index in [1.807, 2.05) is 0 Å². The molecule has 2 amide bonds. The summed E-state index contributed by atoms with van der Waals surface area (Å²) in [7, 11) is 0. The number of aliphatic hydroxyl groups excluding tert-OH is 1. The van der Waals surface area contributed by atoms with Crippen molar-refractivity contribution in [3.63, 3.8) is 0 Å². The van der Waals surface area contributed by atoms with E-state index < -0.39 is 28.7 Å². The fraction of sp³-hybridized carbons (Fsp3) is 0.731. The van der Waals surface area contributed by atoms with E-state index in [9.17, 15) is 19.5 Å². The quantitative estimate of drug-likeness (QED) is 0.228. The van der Waals surface area contributed by atoms with Gasteiger partial charge in [0.25, 0.3) is 0 Å². The maximum atomic E-state index is 14.0. The van der Waals surface area contributed by atoms with Crippen LogP contribution in [-0.2, 0) is 19.1 Å². The summed E-state index contributed by atoms with van der Waals surface area (Å²) in [6.45, 7) is 12.5. The summed E-state index contributed by atoms with van der Waals surface area (Å²) in [6, 6.07) is -1.20. The summed E-state index contributed by atoms with van der Waals surface area (Å²) in [4.78, 5) is 44.3. The molecule has 3 aliphatic rings. The van der Waals surface area contributed by atoms with Crippen LogP contribution in [-0.4, -0.2) is 81.1 Å². The molecule has 3 aliphatic heterocycles. The Bertz CT molecular complexity index is 789. The van der Waals surface area contributed by atoms with Gasteiger partial charge < -0.3 is 19.6 Å². The highest BCUT2D eigenvalue weighted by atomic mass is 32.2. The van der Waals surface area contributed by atoms with Crippen LogP contribution in [0, 0.1) is 11.8 Å². The minimum atomic E-state index is -0.692. The second kappa shape index (κ2) is 11.8. The molecule has 0 aromatic heterocycles. The molecule has 8 heteroatoms. The second-order valence-electron chi connectivity index (χ2n) is 9.71. The number of likely N-dealkylation sites (tertiary alicyclic amines) is 1. The monoisotopic (exact) mass is 492 g/mol. The minimum absolute atomic E-state index is 0.0179. The molecule has 1 N–H and O–H groups in total. The predicted molar refractivity (Wildman–Crippen MR) is 134 cm³/mol. The number of esters is 1. The molecule has 3 fully saturated rings. The lowest BCUT2D eigenvalue weighted by molar-refractivity contribution is -0.154. The number of nitrogens with zero attached hydrogens (tertiary/aromatic N) is 2. The highest BCUT2D eigenvalue weighted by Crippen LogP contribution is 2.66. The normalized spacial score (nSPS) is 30.2. The standard InChI is InChI=1S/C26H40N2O5S/c1-5-8-10-15-27(14-7-3)24(31)22-26-13-12-19(34-26)20(25(32)33-16-11-9-6-2)21(26)23(30)28(22)18(4)17-29/h6-7,18-22,29H,2-3,5,8-17H2,1,4H3/t18-,19+,20-,21+,22?,26?/m1/s1. The molecule has 0 aromatic carbocycles. The average molecular weight is 493 g/mol. The Morgan fingerprint density at radius 2 is 2.09 bits per heavy atom. The van der Waals surface area contributed by atoms with Gasteiger partial charge in [0.05, 0.1) is 35.8 Å². The number of ether oxygens (including phenoxy) is 1. The second-order valence-corrected chi connectivity index (χ2v) is 11.3. The molecular weight excluding hydrogens is 452 g/mol. The first-order valence-corrected chi connectivity index (χ1v) is 13.5. The van der Waals surface area contributed by atoms with E-state index in [2.05, 4.69) is 20.1 Å². The number of hydrogen-bond acceptors (Lipinski definition) is 6. The molecule has 6 atom stereocenters. The van der Waals surface area contributed by atoms with E-state index in [-0.39, 0.29) is 29.6 Å². The number of thioether (sulfide) groups is 1. The zero-order valence-electron chi connectivity index (χ0n) is 20.6. The zero-order valence-corrected chi connectivity index (χ0v) is 21.4. The van der Waals surface area contributed by atoms with Crippen molar-refractivity contribution in [2.45, 2.75) is 80.9 Å². The molecule has 3 rings (SSSR count). The van der Waals surface area contributed by atoms with Crippen LogP contribution in [0.1, 0.15) is 58.8 Å². The van der Waals surface area contributed by atoms with Crippen molar-refractivity contribution >= 4 is 29.5 Å². The van der Waals surface area contributed by atoms with Crippen molar-refractivity contribution < 1.29 is 24.2 Å². The summed E-state index contributed by atoms with van der Waals surface area (Å²) >= 11 is 1.63. The van der Waals surface area contributed by atoms with E-state index in [1.54, 1.807) is 40.6 Å². The van der Waals surface area contributed by atoms with Crippen LogP contribution in [0.5, 0.6) is 0 Å². The first kappa shape index (κ1) is 26.8. The maximum Gasteiger partial charge on any atom is 0.310 e. The molecule has 0 aliphatic carbocycles. The van der Waals surface area contributed by atoms with Gasteiger partial charge in [-0.3, -0.25) is 14.4 Å². The molecule has 2 unspecified atom stereocenters. The van der Waals surface area contributed by atoms with E-state index in [1.165, 1.54) is 0 Å². The smallest absolute Gasteiger partial charge is 0.310 e. The van der Waals surface area contributed by atoms with E-state index >= 15 is 0 Å². The van der Waals surface area contributed by atoms with Crippen LogP contribution in [0.15, 0.2) is 25.3 Å². The van der Waals surface area contributed by atoms with Gasteiger partial charge in [-0.05, 0) is 39.0 Å². The van der Waals surface area contributed by atoms with Crippen LogP contribution in [0.4, 0.5) is 0 Å². The molecule has 2 bridgehead atoms. The van der Waals surface area contributed by atoms with Gasteiger partial charge in [0.1, 0.15) is 6.04 Å². The average Bonchev–Trinajstić information content (AvgIpc) is 3.47. The minimum Gasteiger partial charge on any atom is -0.465 e. The molecule has 1 spiro atoms. The Morgan fingerprint density at radius 1 is 1.32 bits per heavy atom. The van der Waals surface area contributed by atoms with Crippen molar-refractivity contribution in [1.29, 1.82) is 0 Å². The maximum absolute atomic E-state index is 14.0. The Balaban J connectivity index is 1.91. The van der Waals surface area contributed by atoms with E-state index in [0.29, 0.717) is 32.5 Å². The van der Waals surface area contributed by atoms with Crippen molar-refractivity contribution in [2.75, 3.05) is 26.3 Å². The molecule has 0 aromatic rings. The number of aliphatic hydroxyl groups is 1. The predicted octanol–water partition coefficient (Wildman–Crippen LogP) is 3.17. The summed E-state index contributed by atoms with van der Waals surface area (Å²) in [5, 5.41) is 9.94. The Morgan fingerprint density at radius 3 is 2.74 bits per heavy atom. The Labute approximate surface area is 208 Å². The SMILES string of the molecule is C=CCCCOC(=O)[C@@H]1[C@@H]2CCC3(S2)C(C(=O)N(CC=C)CCCCC)N([C@H](C)CO)C(=O)[C@H]13. The van der Waals surface area contributed by atoms with Crippen molar-refractivity contribution in [2.24, 2.45) is 11.8 Å². The molecule has 0 saturated carbocycles. The van der Waals surface area contributed by atoms with Gasteiger partial charge in [0.15, 0.2) is 0 Å². The molecule has 7 nitrogen and oxygen atoms in total. The third-order valence-electron chi connectivity index (χ3n) is 7.47. The summed E-state index contributed by atoms with van der Waals surface area (Å²) < 4.78 is 4.92. The summed E-state index contributed by atoms with van der Waals surface area (Å²) in [6.07, 6.45) is 9.42. The van der Waals surface area contributed by atoms with Gasteiger partial charge in [-0.1, -0.05) is 31.9 Å². The van der Waals surface area contributed by atoms with Gasteiger partial charge in [-0.25, -0.2) is 0 Å². The molecule has 3 heterocycles. The fourth-order valence-electron chi connectivity index (χ4n) is 5.87. The fourth-order valence-corrected chi connectivity index (χ4v) is 8.06. The van der Waals surface area contributed by atoms with Gasteiger partial charge >= 0.3 is 5.97 Å². The van der Waals surface area contributed by atoms with E-state index in [4.69, 9.17) is 4.74 Å². The molecular formula is C26H40N2O5S. The third-order valence-corrected chi connectivity index (χ3v) is 9.42. The Hall–Kier alpha value is -1.80. The zero-order chi connectivity index (χ0) is 24.9. The number of fused-ring (bicyclic) bond motifs is 1. The number of allylic oxidation sites excluding steroid dienone is 1. The van der Waals surface area contributed by atoms with Crippen LogP contribution < -0.4 is 0 Å². The van der Waals surface area contributed by atoms with Gasteiger partial charge in [-0.2, -0.15) is 0 Å². The molecule has 0 radical (unpaired) electrons. The van der Waals surface area contributed by atoms with Crippen LogP contribution in [0.2, 0.25) is 0 Å². The van der Waals surface area contributed by atoms with Crippen LogP contribution >= 0.6 is 11.8 Å². The first-order valence-electron chi connectivity index (χ1n) is 12.7. The lowest BCUT2D eigenvalue weighted by Crippen LogP contribution is -2.57. The third kappa shape index (κ3) is 4.81. The van der Waals surface area contributed by atoms with Crippen LogP contribution in [0.25, 0.3) is 0 Å². The summed E-state index contributed by atoms with van der Waals surface area (Å²) in [5.74, 6) is -1.77. The number of amides is 2. The van der Waals surface area contributed by atoms with Crippen molar-refractivity contribution in [1.82, 2.24) is 9.80 Å².